The lowest BCUT2D eigenvalue weighted by Gasteiger charge is -2.35. The van der Waals surface area contributed by atoms with Gasteiger partial charge in [-0.1, -0.05) is 97.3 Å². The van der Waals surface area contributed by atoms with Gasteiger partial charge in [0.15, 0.2) is 0 Å². The molecule has 1 unspecified atom stereocenters. The number of hydrogen-bond donors (Lipinski definition) is 0. The van der Waals surface area contributed by atoms with Gasteiger partial charge in [-0.2, -0.15) is 0 Å². The van der Waals surface area contributed by atoms with Gasteiger partial charge in [0.2, 0.25) is 0 Å². The van der Waals surface area contributed by atoms with Crippen LogP contribution in [0.3, 0.4) is 0 Å². The van der Waals surface area contributed by atoms with E-state index in [2.05, 4.69) is 34.6 Å². The van der Waals surface area contributed by atoms with Crippen molar-refractivity contribution in [3.05, 3.63) is 0 Å². The average Bonchev–Trinajstić information content (AvgIpc) is 2.69. The zero-order valence-corrected chi connectivity index (χ0v) is 21.0. The summed E-state index contributed by atoms with van der Waals surface area (Å²) < 4.78 is 18.4. The summed E-state index contributed by atoms with van der Waals surface area (Å²) in [4.78, 5) is 0. The highest BCUT2D eigenvalue weighted by Crippen LogP contribution is 2.34. The van der Waals surface area contributed by atoms with Crippen LogP contribution in [0.1, 0.15) is 131 Å². The summed E-state index contributed by atoms with van der Waals surface area (Å²) in [5.41, 5.74) is 0.444. The molecule has 4 heteroatoms. The first-order valence-electron chi connectivity index (χ1n) is 12.6. The van der Waals surface area contributed by atoms with Crippen molar-refractivity contribution in [1.82, 2.24) is 0 Å². The molecule has 1 atom stereocenters. The summed E-state index contributed by atoms with van der Waals surface area (Å²) in [6.45, 7) is 12.8. The minimum Gasteiger partial charge on any atom is -0.374 e. The first-order chi connectivity index (χ1) is 13.7. The third-order valence-electron chi connectivity index (χ3n) is 5.69. The van der Waals surface area contributed by atoms with Gasteiger partial charge in [-0.3, -0.25) is 0 Å². The van der Waals surface area contributed by atoms with Crippen molar-refractivity contribution < 1.29 is 13.3 Å². The van der Waals surface area contributed by atoms with Crippen molar-refractivity contribution in [2.75, 3.05) is 19.8 Å². The molecule has 170 valence electrons. The fraction of sp³-hybridized carbons (Fsp3) is 1.00. The van der Waals surface area contributed by atoms with Crippen molar-refractivity contribution in [1.29, 1.82) is 0 Å². The maximum atomic E-state index is 6.12. The summed E-state index contributed by atoms with van der Waals surface area (Å²) >= 11 is 0. The standard InChI is InChI=1S/C24H52O3Si/c1-6-11-12-13-14-15-16-17-18-19-20-21-22-23-24(7-2)28(25-8-3,26-9-4)27-10-5/h24H,6-23H2,1-5H3. The molecule has 3 nitrogen and oxygen atoms in total. The Morgan fingerprint density at radius 3 is 1.18 bits per heavy atom. The molecular weight excluding hydrogens is 364 g/mol. The van der Waals surface area contributed by atoms with Crippen LogP contribution in [-0.2, 0) is 13.3 Å². The van der Waals surface area contributed by atoms with Crippen molar-refractivity contribution in [2.24, 2.45) is 0 Å². The molecular formula is C24H52O3Si. The maximum absolute atomic E-state index is 6.12. The Bertz CT molecular complexity index is 295. The van der Waals surface area contributed by atoms with Crippen molar-refractivity contribution in [2.45, 2.75) is 136 Å². The second-order valence-corrected chi connectivity index (χ2v) is 10.9. The maximum Gasteiger partial charge on any atom is 0.504 e. The number of hydrogen-bond acceptors (Lipinski definition) is 3. The molecule has 0 spiro atoms. The molecule has 0 aliphatic carbocycles. The molecule has 0 N–H and O–H groups in total. The average molecular weight is 417 g/mol. The van der Waals surface area contributed by atoms with E-state index >= 15 is 0 Å². The molecule has 0 aliphatic rings. The summed E-state index contributed by atoms with van der Waals surface area (Å²) in [7, 11) is -2.53. The highest BCUT2D eigenvalue weighted by atomic mass is 28.4. The molecule has 0 rings (SSSR count). The van der Waals surface area contributed by atoms with Gasteiger partial charge in [0.05, 0.1) is 0 Å². The lowest BCUT2D eigenvalue weighted by atomic mass is 10.0. The van der Waals surface area contributed by atoms with E-state index in [0.717, 1.165) is 6.42 Å². The van der Waals surface area contributed by atoms with Gasteiger partial charge in [-0.05, 0) is 33.6 Å². The van der Waals surface area contributed by atoms with Crippen LogP contribution in [0.5, 0.6) is 0 Å². The van der Waals surface area contributed by atoms with Gasteiger partial charge < -0.3 is 13.3 Å². The summed E-state index contributed by atoms with van der Waals surface area (Å²) in [6, 6.07) is 0. The van der Waals surface area contributed by atoms with E-state index in [0.29, 0.717) is 25.4 Å². The molecule has 0 fully saturated rings. The molecule has 0 aliphatic heterocycles. The van der Waals surface area contributed by atoms with E-state index in [9.17, 15) is 0 Å². The highest BCUT2D eigenvalue weighted by molar-refractivity contribution is 6.62. The SMILES string of the molecule is CCCCCCCCCCCCCCCC(CC)[Si](OCC)(OCC)OCC. The Kier molecular flexibility index (Phi) is 20.4. The highest BCUT2D eigenvalue weighted by Gasteiger charge is 2.47. The molecule has 0 saturated heterocycles. The zero-order valence-electron chi connectivity index (χ0n) is 20.0. The van der Waals surface area contributed by atoms with Crippen LogP contribution < -0.4 is 0 Å². The molecule has 0 radical (unpaired) electrons. The van der Waals surface area contributed by atoms with Crippen LogP contribution in [0.25, 0.3) is 0 Å². The Morgan fingerprint density at radius 2 is 0.857 bits per heavy atom. The largest absolute Gasteiger partial charge is 0.504 e. The van der Waals surface area contributed by atoms with E-state index in [1.165, 1.54) is 89.9 Å². The van der Waals surface area contributed by atoms with E-state index in [1.54, 1.807) is 0 Å². The number of unbranched alkanes of at least 4 members (excludes halogenated alkanes) is 12. The van der Waals surface area contributed by atoms with Crippen LogP contribution in [0.4, 0.5) is 0 Å². The van der Waals surface area contributed by atoms with Crippen molar-refractivity contribution in [3.63, 3.8) is 0 Å². The minimum absolute atomic E-state index is 0.444. The smallest absolute Gasteiger partial charge is 0.374 e. The molecule has 0 aromatic rings. The van der Waals surface area contributed by atoms with E-state index in [4.69, 9.17) is 13.3 Å². The zero-order chi connectivity index (χ0) is 20.9. The Labute approximate surface area is 178 Å². The van der Waals surface area contributed by atoms with Gasteiger partial charge in [0.25, 0.3) is 0 Å². The Morgan fingerprint density at radius 1 is 0.500 bits per heavy atom. The van der Waals surface area contributed by atoms with E-state index in [1.807, 2.05) is 0 Å². The van der Waals surface area contributed by atoms with Gasteiger partial charge in [0, 0.05) is 25.4 Å². The Hall–Kier alpha value is 0.0969. The first-order valence-corrected chi connectivity index (χ1v) is 14.4. The molecule has 0 bridgehead atoms. The van der Waals surface area contributed by atoms with Gasteiger partial charge in [0.1, 0.15) is 0 Å². The molecule has 0 heterocycles. The monoisotopic (exact) mass is 416 g/mol. The van der Waals surface area contributed by atoms with Gasteiger partial charge >= 0.3 is 8.80 Å². The van der Waals surface area contributed by atoms with E-state index < -0.39 is 8.80 Å². The molecule has 0 amide bonds. The van der Waals surface area contributed by atoms with E-state index in [-0.39, 0.29) is 0 Å². The minimum atomic E-state index is -2.53. The summed E-state index contributed by atoms with van der Waals surface area (Å²) in [5.74, 6) is 0. The van der Waals surface area contributed by atoms with Crippen molar-refractivity contribution in [3.8, 4) is 0 Å². The molecule has 0 aromatic carbocycles. The fourth-order valence-electron chi connectivity index (χ4n) is 4.12. The third kappa shape index (κ3) is 13.3. The fourth-order valence-corrected chi connectivity index (χ4v) is 7.34. The van der Waals surface area contributed by atoms with Gasteiger partial charge in [-0.15, -0.1) is 0 Å². The lowest BCUT2D eigenvalue weighted by Crippen LogP contribution is -2.50. The molecule has 28 heavy (non-hydrogen) atoms. The normalized spacial score (nSPS) is 13.2. The molecule has 0 aromatic heterocycles. The third-order valence-corrected chi connectivity index (χ3v) is 9.46. The van der Waals surface area contributed by atoms with Crippen LogP contribution in [0.2, 0.25) is 5.54 Å². The number of rotatable bonds is 22. The van der Waals surface area contributed by atoms with Crippen LogP contribution in [0, 0.1) is 0 Å². The first kappa shape index (κ1) is 28.1. The second-order valence-electron chi connectivity index (χ2n) is 8.04. The molecule has 0 saturated carbocycles. The lowest BCUT2D eigenvalue weighted by molar-refractivity contribution is 0.0588. The summed E-state index contributed by atoms with van der Waals surface area (Å²) in [5, 5.41) is 0. The van der Waals surface area contributed by atoms with Gasteiger partial charge in [-0.25, -0.2) is 0 Å². The predicted octanol–water partition coefficient (Wildman–Crippen LogP) is 8.30. The van der Waals surface area contributed by atoms with Crippen LogP contribution in [-0.4, -0.2) is 28.6 Å². The second kappa shape index (κ2) is 20.4. The van der Waals surface area contributed by atoms with Crippen LogP contribution >= 0.6 is 0 Å². The quantitative estimate of drug-likeness (QED) is 0.131. The summed E-state index contributed by atoms with van der Waals surface area (Å²) in [6.07, 6.45) is 20.5. The van der Waals surface area contributed by atoms with Crippen molar-refractivity contribution >= 4 is 8.80 Å². The van der Waals surface area contributed by atoms with Crippen LogP contribution in [0.15, 0.2) is 0 Å². The Balaban J connectivity index is 3.87. The predicted molar refractivity (Wildman–Crippen MR) is 125 cm³/mol. The topological polar surface area (TPSA) is 27.7 Å².